The van der Waals surface area contributed by atoms with E-state index in [1.807, 2.05) is 0 Å². The number of aromatic hydroxyl groups is 6. The normalized spacial score (nSPS) is 13.6. The maximum atomic E-state index is 13.8. The SMILES string of the molecule is C[N+](C)(O)CCNc1c2c(c(NCC[N+](C)(C)O)c3[nH]ccc13)C(=O)c1c(O)ccc(O)c1C2=O.C[N+](C)(O)CCNc1c2c(c(NCC[N+](C)(C)O)c3cnccc13)C(=O)c1c(O)ccc(O)c1C2=O.C[N+](C)(O)CCNc1c2c(c(NCC[N+](C)(C)O)c3occc13)C(=O)c1c(O)ccc(O)c1C2=O. The van der Waals surface area contributed by atoms with E-state index in [1.165, 1.54) is 36.6 Å². The number of carbonyl (C=O) groups is 6. The molecule has 0 radical (unpaired) electrons. The van der Waals surface area contributed by atoms with Crippen molar-refractivity contribution in [3.63, 3.8) is 0 Å². The van der Waals surface area contributed by atoms with Crippen LogP contribution >= 0.6 is 0 Å². The predicted molar refractivity (Wildman–Crippen MR) is 390 cm³/mol. The van der Waals surface area contributed by atoms with E-state index in [0.29, 0.717) is 100 Å². The van der Waals surface area contributed by atoms with E-state index < -0.39 is 69.2 Å². The van der Waals surface area contributed by atoms with Crippen LogP contribution in [-0.4, -0.2) is 298 Å². The molecular weight excluding hydrogens is 1380 g/mol. The highest BCUT2D eigenvalue weighted by Crippen LogP contribution is 2.50. The molecule has 0 bridgehead atoms. The molecule has 3 aliphatic rings. The summed E-state index contributed by atoms with van der Waals surface area (Å²) in [5, 5.41) is 145. The molecule has 0 fully saturated rings. The number of hydroxylamine groups is 18. The van der Waals surface area contributed by atoms with Gasteiger partial charge in [0.1, 0.15) is 73.8 Å². The zero-order chi connectivity index (χ0) is 77.8. The van der Waals surface area contributed by atoms with Gasteiger partial charge in [0.05, 0.1) is 237 Å². The number of H-pyrrole nitrogens is 1. The number of hydrogen-bond donors (Lipinski definition) is 19. The van der Waals surface area contributed by atoms with Crippen LogP contribution in [0.5, 0.6) is 34.5 Å². The Morgan fingerprint density at radius 3 is 0.906 bits per heavy atom. The first kappa shape index (κ1) is 77.6. The second-order valence-electron chi connectivity index (χ2n) is 29.5. The van der Waals surface area contributed by atoms with Gasteiger partial charge in [0, 0.05) is 40.1 Å². The molecule has 3 heterocycles. The monoisotopic (exact) mass is 1470 g/mol. The van der Waals surface area contributed by atoms with E-state index in [2.05, 4.69) is 41.9 Å². The first-order chi connectivity index (χ1) is 49.4. The van der Waals surface area contributed by atoms with Crippen molar-refractivity contribution in [2.24, 2.45) is 0 Å². The largest absolute Gasteiger partial charge is 0.507 e. The number of phenolic OH excluding ortho intramolecular Hbond substituents is 6. The lowest BCUT2D eigenvalue weighted by Gasteiger charge is -2.28. The number of hydrogen-bond acceptors (Lipinski definition) is 26. The van der Waals surface area contributed by atoms with Gasteiger partial charge >= 0.3 is 0 Å². The van der Waals surface area contributed by atoms with Crippen LogP contribution in [0.25, 0.3) is 32.6 Å². The Balaban J connectivity index is 0.000000170. The Bertz CT molecular complexity index is 4520. The van der Waals surface area contributed by atoms with Gasteiger partial charge < -0.3 is 71.9 Å². The van der Waals surface area contributed by atoms with Gasteiger partial charge in [0.15, 0.2) is 5.58 Å². The molecule has 9 aromatic rings. The molecule has 6 aromatic carbocycles. The fourth-order valence-corrected chi connectivity index (χ4v) is 12.9. The number of quaternary nitrogens is 6. The van der Waals surface area contributed by atoms with E-state index in [4.69, 9.17) is 4.42 Å². The van der Waals surface area contributed by atoms with E-state index in [0.717, 1.165) is 6.07 Å². The number of rotatable bonds is 24. The highest BCUT2D eigenvalue weighted by atomic mass is 16.6. The summed E-state index contributed by atoms with van der Waals surface area (Å²) in [7, 11) is 19.3. The summed E-state index contributed by atoms with van der Waals surface area (Å²) >= 11 is 0. The number of carbonyl (C=O) groups excluding carboxylic acids is 6. The topological polar surface area (TPSA) is 459 Å². The molecule has 12 rings (SSSR count). The summed E-state index contributed by atoms with van der Waals surface area (Å²) in [6.07, 6.45) is 6.25. The van der Waals surface area contributed by atoms with Crippen LogP contribution in [0.4, 0.5) is 34.1 Å². The van der Waals surface area contributed by atoms with Gasteiger partial charge in [0.2, 0.25) is 34.7 Å². The Labute approximate surface area is 607 Å². The molecule has 0 atom stereocenters. The number of furan rings is 1. The number of phenols is 6. The molecule has 0 saturated carbocycles. The number of nitrogens with zero attached hydrogens (tertiary/aromatic N) is 7. The molecule has 0 aliphatic heterocycles. The minimum atomic E-state index is -0.650. The Morgan fingerprint density at radius 1 is 0.321 bits per heavy atom. The minimum Gasteiger partial charge on any atom is -0.507 e. The number of benzene rings is 6. The van der Waals surface area contributed by atoms with Crippen LogP contribution in [0.15, 0.2) is 83.9 Å². The molecule has 19 N–H and O–H groups in total. The van der Waals surface area contributed by atoms with Crippen molar-refractivity contribution in [3.05, 3.63) is 146 Å². The fourth-order valence-electron chi connectivity index (χ4n) is 12.9. The van der Waals surface area contributed by atoms with Gasteiger partial charge in [-0.1, -0.05) is 0 Å². The van der Waals surface area contributed by atoms with Crippen molar-refractivity contribution in [1.82, 2.24) is 9.97 Å². The van der Waals surface area contributed by atoms with Crippen LogP contribution < -0.4 is 31.9 Å². The highest BCUT2D eigenvalue weighted by Gasteiger charge is 2.44. The minimum absolute atomic E-state index is 0.00524. The van der Waals surface area contributed by atoms with Gasteiger partial charge in [-0.05, 0) is 54.6 Å². The summed E-state index contributed by atoms with van der Waals surface area (Å²) < 4.78 is 3.84. The molecule has 33 heteroatoms. The molecule has 0 unspecified atom stereocenters. The lowest BCUT2D eigenvalue weighted by Crippen LogP contribution is -2.40. The lowest BCUT2D eigenvalue weighted by atomic mass is 9.79. The smallest absolute Gasteiger partial charge is 0.200 e. The molecular formula is C73H92N14O19+6. The van der Waals surface area contributed by atoms with Crippen molar-refractivity contribution in [2.75, 3.05) is 195 Å². The molecule has 0 spiro atoms. The molecule has 0 amide bonds. The third kappa shape index (κ3) is 16.1. The number of anilines is 6. The maximum absolute atomic E-state index is 13.8. The molecule has 33 nitrogen and oxygen atoms in total. The summed E-state index contributed by atoms with van der Waals surface area (Å²) in [5.74, 6) is -6.19. The predicted octanol–water partition coefficient (Wildman–Crippen LogP) is 6.66. The Morgan fingerprint density at radius 2 is 0.585 bits per heavy atom. The van der Waals surface area contributed by atoms with Gasteiger partial charge in [-0.15, -0.1) is 0 Å². The summed E-state index contributed by atoms with van der Waals surface area (Å²) in [5.41, 5.74) is 1.57. The lowest BCUT2D eigenvalue weighted by molar-refractivity contribution is -1.07. The van der Waals surface area contributed by atoms with E-state index >= 15 is 0 Å². The molecule has 3 aliphatic carbocycles. The van der Waals surface area contributed by atoms with E-state index in [-0.39, 0.29) is 140 Å². The van der Waals surface area contributed by atoms with Crippen molar-refractivity contribution < 1.29 is 123 Å². The molecule has 106 heavy (non-hydrogen) atoms. The number of ketones is 6. The van der Waals surface area contributed by atoms with Crippen molar-refractivity contribution in [1.29, 1.82) is 0 Å². The van der Waals surface area contributed by atoms with Crippen LogP contribution in [0, 0.1) is 0 Å². The van der Waals surface area contributed by atoms with Crippen molar-refractivity contribution >= 4 is 101 Å². The highest BCUT2D eigenvalue weighted by molar-refractivity contribution is 6.39. The number of aromatic amines is 1. The number of pyridine rings is 1. The average Bonchev–Trinajstić information content (AvgIpc) is 1.26. The first-order valence-corrected chi connectivity index (χ1v) is 33.8. The molecule has 0 saturated heterocycles. The van der Waals surface area contributed by atoms with Crippen LogP contribution in [-0.2, 0) is 0 Å². The van der Waals surface area contributed by atoms with Gasteiger partial charge in [-0.25, -0.2) is 31.2 Å². The zero-order valence-electron chi connectivity index (χ0n) is 60.8. The van der Waals surface area contributed by atoms with Crippen LogP contribution in [0.3, 0.4) is 0 Å². The first-order valence-electron chi connectivity index (χ1n) is 33.8. The van der Waals surface area contributed by atoms with Crippen LogP contribution in [0.1, 0.15) is 95.5 Å². The maximum Gasteiger partial charge on any atom is 0.200 e. The zero-order valence-corrected chi connectivity index (χ0v) is 60.8. The van der Waals surface area contributed by atoms with Gasteiger partial charge in [0.25, 0.3) is 0 Å². The molecule has 562 valence electrons. The number of aromatic nitrogens is 2. The quantitative estimate of drug-likeness (QED) is 0.0130. The number of fused-ring (bicyclic) bond motifs is 9. The third-order valence-electron chi connectivity index (χ3n) is 18.0. The number of nitrogens with one attached hydrogen (secondary N) is 7. The van der Waals surface area contributed by atoms with Gasteiger partial charge in [-0.3, -0.25) is 33.8 Å². The molecule has 3 aromatic heterocycles. The average molecular weight is 1470 g/mol. The van der Waals surface area contributed by atoms with Crippen molar-refractivity contribution in [2.45, 2.75) is 0 Å². The van der Waals surface area contributed by atoms with Crippen LogP contribution in [0.2, 0.25) is 0 Å². The van der Waals surface area contributed by atoms with E-state index in [1.54, 1.807) is 121 Å². The van der Waals surface area contributed by atoms with E-state index in [9.17, 15) is 90.6 Å². The summed E-state index contributed by atoms with van der Waals surface area (Å²) in [4.78, 5) is 90.0. The Hall–Kier alpha value is -11.1. The van der Waals surface area contributed by atoms with Crippen molar-refractivity contribution in [3.8, 4) is 34.5 Å². The van der Waals surface area contributed by atoms with Gasteiger partial charge in [-0.2, -0.15) is 27.9 Å². The summed E-state index contributed by atoms with van der Waals surface area (Å²) in [6, 6.07) is 12.2. The third-order valence-corrected chi connectivity index (χ3v) is 18.0. The second-order valence-corrected chi connectivity index (χ2v) is 29.5. The second kappa shape index (κ2) is 29.1. The standard InChI is InChI=1S/C25H29N5O6.C24H29N5O6.C24H28N4O7/c1-29(2,35)11-9-27-22-14-7-8-26-13-15(14)23(28-10-12-30(3,4)36)21-20(22)24(33)18-16(31)5-6-17(32)19(18)25(21)34;1-28(2,34)11-9-26-20-13-7-8-25-21(13)22(27-10-12-29(3,4)35)19-18(20)23(32)16-14(30)5-6-15(31)17(16)24(19)33;1-27(2,33)10-8-25-20-13-7-12-35-24(13)21(26-9-11-28(3,4)34)19-18(20)22(31)16-14(29)5-6-15(30)17(16)23(19)32/h5-8,13,35-36H,9-12H2,1-4H3,(H2-2,26,27,28,31,32,33,34);5-8,34-35H,9-12H2,1-4H3,(H3-2,25,26,27,30,31,32,33);5-7,12,33-34H,8-11H2,1-4H3,(H2-2,25,26,29,30,31,32)/p+6. The fraction of sp³-hybridized carbons (Fsp3) is 0.329. The number of likely N-dealkylation sites (N-methyl/N-ethyl adjacent to an activating group) is 6. The summed E-state index contributed by atoms with van der Waals surface area (Å²) in [6.45, 7) is 3.43. The Kier molecular flexibility index (Phi) is 21.3.